The van der Waals surface area contributed by atoms with Crippen molar-refractivity contribution >= 4 is 5.97 Å². The van der Waals surface area contributed by atoms with Crippen LogP contribution in [0, 0.1) is 0 Å². The molecule has 144 valence electrons. The predicted octanol–water partition coefficient (Wildman–Crippen LogP) is 4.89. The average molecular weight is 375 g/mol. The van der Waals surface area contributed by atoms with E-state index in [0.717, 1.165) is 28.0 Å². The fourth-order valence-electron chi connectivity index (χ4n) is 2.95. The number of ether oxygens (including phenoxy) is 2. The molecule has 4 nitrogen and oxygen atoms in total. The lowest BCUT2D eigenvalue weighted by atomic mass is 9.99. The van der Waals surface area contributed by atoms with Crippen LogP contribution in [0.15, 0.2) is 78.9 Å². The molecule has 0 bridgehead atoms. The first-order valence-electron chi connectivity index (χ1n) is 9.44. The summed E-state index contributed by atoms with van der Waals surface area (Å²) in [5, 5.41) is 0. The molecule has 0 heterocycles. The zero-order chi connectivity index (χ0) is 19.8. The lowest BCUT2D eigenvalue weighted by molar-refractivity contribution is -0.143. The van der Waals surface area contributed by atoms with E-state index in [-0.39, 0.29) is 18.4 Å². The second kappa shape index (κ2) is 9.72. The third-order valence-electron chi connectivity index (χ3n) is 4.45. The maximum Gasteiger partial charge on any atom is 0.307 e. The normalized spacial score (nSPS) is 11.6. The van der Waals surface area contributed by atoms with Gasteiger partial charge in [-0.1, -0.05) is 66.7 Å². The summed E-state index contributed by atoms with van der Waals surface area (Å²) in [7, 11) is 0. The van der Waals surface area contributed by atoms with Gasteiger partial charge in [-0.05, 0) is 41.3 Å². The maximum absolute atomic E-state index is 11.6. The summed E-state index contributed by atoms with van der Waals surface area (Å²) in [5.74, 6) is 0.548. The number of carbonyl (C=O) groups is 1. The van der Waals surface area contributed by atoms with Gasteiger partial charge in [-0.25, -0.2) is 0 Å². The third kappa shape index (κ3) is 5.44. The number of benzene rings is 3. The van der Waals surface area contributed by atoms with Crippen molar-refractivity contribution in [1.29, 1.82) is 0 Å². The van der Waals surface area contributed by atoms with Crippen LogP contribution >= 0.6 is 0 Å². The first-order chi connectivity index (χ1) is 13.7. The number of nitrogens with two attached hydrogens (primary N) is 1. The predicted molar refractivity (Wildman–Crippen MR) is 111 cm³/mol. The van der Waals surface area contributed by atoms with Crippen LogP contribution in [0.2, 0.25) is 0 Å². The topological polar surface area (TPSA) is 61.5 Å². The highest BCUT2D eigenvalue weighted by atomic mass is 16.5. The molecule has 0 saturated heterocycles. The molecule has 0 saturated carbocycles. The average Bonchev–Trinajstić information content (AvgIpc) is 2.73. The van der Waals surface area contributed by atoms with Gasteiger partial charge in [0.15, 0.2) is 0 Å². The van der Waals surface area contributed by atoms with Gasteiger partial charge < -0.3 is 15.2 Å². The molecule has 0 aromatic heterocycles. The highest BCUT2D eigenvalue weighted by Crippen LogP contribution is 2.26. The summed E-state index contributed by atoms with van der Waals surface area (Å²) in [6.07, 6.45) is 0.177. The van der Waals surface area contributed by atoms with E-state index in [4.69, 9.17) is 15.2 Å². The molecule has 0 fully saturated rings. The van der Waals surface area contributed by atoms with E-state index >= 15 is 0 Å². The van der Waals surface area contributed by atoms with Gasteiger partial charge in [0.2, 0.25) is 0 Å². The molecule has 3 aromatic carbocycles. The van der Waals surface area contributed by atoms with Crippen LogP contribution in [0.25, 0.3) is 11.1 Å². The minimum Gasteiger partial charge on any atom is -0.489 e. The summed E-state index contributed by atoms with van der Waals surface area (Å²) in [6, 6.07) is 25.7. The maximum atomic E-state index is 11.6. The van der Waals surface area contributed by atoms with Crippen molar-refractivity contribution in [3.05, 3.63) is 90.0 Å². The van der Waals surface area contributed by atoms with Gasteiger partial charge in [0.1, 0.15) is 12.4 Å². The van der Waals surface area contributed by atoms with Crippen molar-refractivity contribution in [1.82, 2.24) is 0 Å². The van der Waals surface area contributed by atoms with Crippen molar-refractivity contribution < 1.29 is 14.3 Å². The van der Waals surface area contributed by atoms with E-state index in [1.165, 1.54) is 0 Å². The first kappa shape index (κ1) is 19.6. The second-order valence-corrected chi connectivity index (χ2v) is 6.54. The van der Waals surface area contributed by atoms with E-state index in [2.05, 4.69) is 0 Å². The van der Waals surface area contributed by atoms with E-state index in [1.54, 1.807) is 6.92 Å². The lowest BCUT2D eigenvalue weighted by Crippen LogP contribution is -2.17. The number of esters is 1. The lowest BCUT2D eigenvalue weighted by Gasteiger charge is -2.12. The second-order valence-electron chi connectivity index (χ2n) is 6.54. The molecule has 3 rings (SSSR count). The Labute approximate surface area is 165 Å². The Balaban J connectivity index is 1.65. The molecule has 0 radical (unpaired) electrons. The minimum absolute atomic E-state index is 0.177. The molecule has 0 spiro atoms. The number of hydrogen-bond donors (Lipinski definition) is 1. The van der Waals surface area contributed by atoms with Gasteiger partial charge in [0, 0.05) is 6.04 Å². The van der Waals surface area contributed by atoms with Crippen LogP contribution in [-0.2, 0) is 16.1 Å². The Morgan fingerprint density at radius 2 is 1.68 bits per heavy atom. The Morgan fingerprint density at radius 1 is 0.929 bits per heavy atom. The van der Waals surface area contributed by atoms with Crippen LogP contribution in [0.3, 0.4) is 0 Å². The monoisotopic (exact) mass is 375 g/mol. The molecule has 0 amide bonds. The smallest absolute Gasteiger partial charge is 0.307 e. The van der Waals surface area contributed by atoms with Gasteiger partial charge in [-0.15, -0.1) is 0 Å². The van der Waals surface area contributed by atoms with Crippen molar-refractivity contribution in [3.8, 4) is 16.9 Å². The number of hydrogen-bond acceptors (Lipinski definition) is 4. The number of carbonyl (C=O) groups excluding carboxylic acids is 1. The van der Waals surface area contributed by atoms with Gasteiger partial charge in [0.25, 0.3) is 0 Å². The summed E-state index contributed by atoms with van der Waals surface area (Å²) >= 11 is 0. The molecule has 0 aliphatic heterocycles. The molecule has 1 atom stereocenters. The quantitative estimate of drug-likeness (QED) is 0.570. The van der Waals surface area contributed by atoms with Gasteiger partial charge in [-0.2, -0.15) is 0 Å². The zero-order valence-corrected chi connectivity index (χ0v) is 16.0. The standard InChI is InChI=1S/C24H25NO3/c1-2-27-24(26)16-23(25)20-13-11-19(12-14-20)21-9-6-10-22(15-21)28-17-18-7-4-3-5-8-18/h3-15,23H,2,16-17,25H2,1H3/t23-/m0/s1. The van der Waals surface area contributed by atoms with Crippen molar-refractivity contribution in [2.24, 2.45) is 5.73 Å². The molecule has 3 aromatic rings. The molecule has 28 heavy (non-hydrogen) atoms. The molecule has 4 heteroatoms. The number of rotatable bonds is 8. The SMILES string of the molecule is CCOC(=O)C[C@H](N)c1ccc(-c2cccc(OCc3ccccc3)c2)cc1. The molecule has 0 aliphatic carbocycles. The minimum atomic E-state index is -0.367. The van der Waals surface area contributed by atoms with Crippen LogP contribution in [-0.4, -0.2) is 12.6 Å². The van der Waals surface area contributed by atoms with E-state index in [1.807, 2.05) is 78.9 Å². The highest BCUT2D eigenvalue weighted by molar-refractivity contribution is 5.70. The van der Waals surface area contributed by atoms with Gasteiger partial charge in [0.05, 0.1) is 13.0 Å². The Hall–Kier alpha value is -3.11. The molecular weight excluding hydrogens is 350 g/mol. The summed E-state index contributed by atoms with van der Waals surface area (Å²) in [5.41, 5.74) is 10.3. The molecular formula is C24H25NO3. The Kier molecular flexibility index (Phi) is 6.82. The molecule has 0 aliphatic rings. The van der Waals surface area contributed by atoms with Crippen LogP contribution in [0.4, 0.5) is 0 Å². The van der Waals surface area contributed by atoms with E-state index in [9.17, 15) is 4.79 Å². The largest absolute Gasteiger partial charge is 0.489 e. The summed E-state index contributed by atoms with van der Waals surface area (Å²) in [6.45, 7) is 2.69. The van der Waals surface area contributed by atoms with E-state index in [0.29, 0.717) is 13.2 Å². The van der Waals surface area contributed by atoms with Crippen molar-refractivity contribution in [2.45, 2.75) is 26.0 Å². The Bertz CT molecular complexity index is 891. The zero-order valence-electron chi connectivity index (χ0n) is 16.0. The highest BCUT2D eigenvalue weighted by Gasteiger charge is 2.12. The van der Waals surface area contributed by atoms with Gasteiger partial charge >= 0.3 is 5.97 Å². The van der Waals surface area contributed by atoms with E-state index < -0.39 is 0 Å². The first-order valence-corrected chi connectivity index (χ1v) is 9.44. The summed E-state index contributed by atoms with van der Waals surface area (Å²) < 4.78 is 10.9. The molecule has 2 N–H and O–H groups in total. The van der Waals surface area contributed by atoms with Gasteiger partial charge in [-0.3, -0.25) is 4.79 Å². The Morgan fingerprint density at radius 3 is 2.39 bits per heavy atom. The van der Waals surface area contributed by atoms with Crippen LogP contribution < -0.4 is 10.5 Å². The third-order valence-corrected chi connectivity index (χ3v) is 4.45. The fourth-order valence-corrected chi connectivity index (χ4v) is 2.95. The summed E-state index contributed by atoms with van der Waals surface area (Å²) in [4.78, 5) is 11.6. The van der Waals surface area contributed by atoms with Crippen LogP contribution in [0.5, 0.6) is 5.75 Å². The fraction of sp³-hybridized carbons (Fsp3) is 0.208. The van der Waals surface area contributed by atoms with Crippen molar-refractivity contribution in [2.75, 3.05) is 6.61 Å². The molecule has 0 unspecified atom stereocenters. The van der Waals surface area contributed by atoms with Crippen LogP contribution in [0.1, 0.15) is 30.5 Å². The van der Waals surface area contributed by atoms with Crippen molar-refractivity contribution in [3.63, 3.8) is 0 Å².